The molecule has 0 amide bonds. The van der Waals surface area contributed by atoms with Crippen molar-refractivity contribution in [3.8, 4) is 22.3 Å². The molecule has 0 heteroatoms. The zero-order valence-corrected chi connectivity index (χ0v) is 35.7. The summed E-state index contributed by atoms with van der Waals surface area (Å²) in [5, 5.41) is 10.4. The predicted molar refractivity (Wildman–Crippen MR) is 267 cm³/mol. The van der Waals surface area contributed by atoms with Crippen LogP contribution in [0.4, 0.5) is 0 Å². The first kappa shape index (κ1) is 44.1. The zero-order valence-electron chi connectivity index (χ0n) is 35.7. The Morgan fingerprint density at radius 1 is 0.712 bits per heavy atom. The van der Waals surface area contributed by atoms with Gasteiger partial charge < -0.3 is 0 Å². The highest BCUT2D eigenvalue weighted by Crippen LogP contribution is 2.45. The van der Waals surface area contributed by atoms with Crippen molar-refractivity contribution in [3.05, 3.63) is 198 Å². The van der Waals surface area contributed by atoms with Gasteiger partial charge in [0.1, 0.15) is 0 Å². The Morgan fingerprint density at radius 3 is 1.86 bits per heavy atom. The molecule has 0 heterocycles. The predicted octanol–water partition coefficient (Wildman–Crippen LogP) is 16.5. The second-order valence-corrected chi connectivity index (χ2v) is 15.9. The lowest BCUT2D eigenvalue weighted by Crippen LogP contribution is -2.27. The Kier molecular flexibility index (Phi) is 15.4. The van der Waals surface area contributed by atoms with Crippen LogP contribution in [-0.2, 0) is 0 Å². The van der Waals surface area contributed by atoms with Crippen LogP contribution in [0, 0.1) is 5.92 Å². The molecule has 0 bridgehead atoms. The average molecular weight is 773 g/mol. The molecule has 0 radical (unpaired) electrons. The van der Waals surface area contributed by atoms with Crippen LogP contribution in [0.3, 0.4) is 0 Å². The van der Waals surface area contributed by atoms with Gasteiger partial charge in [0.2, 0.25) is 0 Å². The van der Waals surface area contributed by atoms with E-state index < -0.39 is 0 Å². The van der Waals surface area contributed by atoms with Crippen LogP contribution in [-0.4, -0.2) is 0 Å². The molecule has 2 aliphatic rings. The normalized spacial score (nSPS) is 15.2. The van der Waals surface area contributed by atoms with Gasteiger partial charge >= 0.3 is 0 Å². The number of hydrogen-bond donors (Lipinski definition) is 0. The molecular formula is C59H64. The van der Waals surface area contributed by atoms with E-state index >= 15 is 0 Å². The standard InChI is InChI=1S/C42H34.C8H12.C8H14.CH4/c1-4-5-6-12-29-19-25-33-32(27-29)24-26-35-34(33)17-11-18-36(35)42-39-15-9-7-13-37(39)41(38-14-8-10-16-40(38)42)31-22-20-30(21-23-31)28(2)3;1-7-3-5-8(2)6-4-7;1-5-7(3)8(4)6-2;/h4,7-18,20-27H,1-2,5-6,19H2,3H3;3-5,8H,6H2,1-2H3;5H,1,6H2,2-4H3;1H4/b29-12+;;8-7-;. The van der Waals surface area contributed by atoms with E-state index in [2.05, 4.69) is 201 Å². The fourth-order valence-corrected chi connectivity index (χ4v) is 7.92. The van der Waals surface area contributed by atoms with Crippen LogP contribution in [0.1, 0.15) is 86.6 Å². The van der Waals surface area contributed by atoms with E-state index in [-0.39, 0.29) is 7.43 Å². The Labute approximate surface area is 355 Å². The Morgan fingerprint density at radius 2 is 1.34 bits per heavy atom. The first-order chi connectivity index (χ1) is 28.1. The van der Waals surface area contributed by atoms with Crippen LogP contribution in [0.5, 0.6) is 0 Å². The van der Waals surface area contributed by atoms with E-state index in [0.29, 0.717) is 0 Å². The fraction of sp³-hybridized carbons (Fsp3) is 0.220. The topological polar surface area (TPSA) is 0 Å². The van der Waals surface area contributed by atoms with Crippen molar-refractivity contribution in [1.82, 2.24) is 0 Å². The highest BCUT2D eigenvalue weighted by molar-refractivity contribution is 6.23. The minimum atomic E-state index is 0. The molecule has 0 nitrogen and oxygen atoms in total. The first-order valence-electron chi connectivity index (χ1n) is 21.0. The van der Waals surface area contributed by atoms with Gasteiger partial charge in [0.15, 0.2) is 0 Å². The maximum absolute atomic E-state index is 4.13. The number of benzene rings is 6. The molecule has 0 spiro atoms. The molecule has 1 unspecified atom stereocenters. The Bertz CT molecular complexity index is 2680. The number of unbranched alkanes of at least 4 members (excludes halogenated alkanes) is 1. The van der Waals surface area contributed by atoms with Gasteiger partial charge in [-0.05, 0) is 142 Å². The summed E-state index contributed by atoms with van der Waals surface area (Å²) in [5.41, 5.74) is 12.9. The molecule has 1 atom stereocenters. The van der Waals surface area contributed by atoms with Gasteiger partial charge in [-0.2, -0.15) is 0 Å². The van der Waals surface area contributed by atoms with Crippen LogP contribution in [0.2, 0.25) is 0 Å². The van der Waals surface area contributed by atoms with Gasteiger partial charge in [0.25, 0.3) is 0 Å². The summed E-state index contributed by atoms with van der Waals surface area (Å²) < 4.78 is 0. The van der Waals surface area contributed by atoms with Gasteiger partial charge in [0.05, 0.1) is 0 Å². The third kappa shape index (κ3) is 10.2. The number of rotatable bonds is 8. The van der Waals surface area contributed by atoms with Gasteiger partial charge in [-0.15, -0.1) is 6.58 Å². The summed E-state index contributed by atoms with van der Waals surface area (Å²) in [6.45, 7) is 24.5. The number of hydrogen-bond acceptors (Lipinski definition) is 0. The molecule has 0 saturated heterocycles. The molecular weight excluding hydrogens is 709 g/mol. The molecule has 0 saturated carbocycles. The average Bonchev–Trinajstić information content (AvgIpc) is 3.26. The molecule has 2 aliphatic carbocycles. The summed E-state index contributed by atoms with van der Waals surface area (Å²) in [4.78, 5) is 0. The quantitative estimate of drug-likeness (QED) is 0.0626. The van der Waals surface area contributed by atoms with E-state index in [1.807, 2.05) is 12.2 Å². The van der Waals surface area contributed by atoms with Crippen molar-refractivity contribution in [3.63, 3.8) is 0 Å². The monoisotopic (exact) mass is 773 g/mol. The lowest BCUT2D eigenvalue weighted by molar-refractivity contribution is 0.731. The van der Waals surface area contributed by atoms with Gasteiger partial charge in [-0.25, -0.2) is 0 Å². The van der Waals surface area contributed by atoms with E-state index in [1.54, 1.807) is 0 Å². The lowest BCUT2D eigenvalue weighted by Gasteiger charge is -2.19. The second kappa shape index (κ2) is 20.6. The van der Waals surface area contributed by atoms with Crippen molar-refractivity contribution >= 4 is 50.0 Å². The summed E-state index contributed by atoms with van der Waals surface area (Å²) >= 11 is 0. The summed E-state index contributed by atoms with van der Waals surface area (Å²) in [6.07, 6.45) is 23.2. The highest BCUT2D eigenvalue weighted by Gasteiger charge is 2.18. The van der Waals surface area contributed by atoms with E-state index in [1.165, 1.54) is 99.3 Å². The summed E-state index contributed by atoms with van der Waals surface area (Å²) in [5.74, 6) is 0.763. The summed E-state index contributed by atoms with van der Waals surface area (Å²) in [6, 6.07) is 38.1. The maximum atomic E-state index is 4.13. The molecule has 8 rings (SSSR count). The van der Waals surface area contributed by atoms with E-state index in [0.717, 1.165) is 37.2 Å². The molecule has 6 aromatic rings. The molecule has 0 N–H and O–H groups in total. The minimum Gasteiger partial charge on any atom is -0.103 e. The maximum Gasteiger partial charge on any atom is -0.00201 e. The van der Waals surface area contributed by atoms with Gasteiger partial charge in [-0.1, -0.05) is 208 Å². The summed E-state index contributed by atoms with van der Waals surface area (Å²) in [7, 11) is 0. The Hall–Kier alpha value is -5.98. The number of fused-ring (bicyclic) bond motifs is 5. The lowest BCUT2D eigenvalue weighted by atomic mass is 9.84. The van der Waals surface area contributed by atoms with Crippen molar-refractivity contribution in [2.24, 2.45) is 5.92 Å². The van der Waals surface area contributed by atoms with Crippen LogP contribution >= 0.6 is 0 Å². The van der Waals surface area contributed by atoms with Gasteiger partial charge in [0, 0.05) is 0 Å². The fourth-order valence-electron chi connectivity index (χ4n) is 7.92. The van der Waals surface area contributed by atoms with Crippen molar-refractivity contribution in [1.29, 1.82) is 0 Å². The number of allylic oxidation sites excluding steroid dienone is 11. The third-order valence-corrected chi connectivity index (χ3v) is 11.7. The van der Waals surface area contributed by atoms with Crippen molar-refractivity contribution < 1.29 is 0 Å². The molecule has 0 aromatic heterocycles. The molecule has 0 aliphatic heterocycles. The molecule has 6 aromatic carbocycles. The van der Waals surface area contributed by atoms with Crippen LogP contribution in [0.25, 0.3) is 72.3 Å². The van der Waals surface area contributed by atoms with Crippen molar-refractivity contribution in [2.75, 3.05) is 0 Å². The SMILES string of the molecule is C.C=C/C(C)=C(/C)CC.C=CCC/C=C1/C=c2ccc3c(-c4c5ccccc5c(-c5ccc(C(=C)C)cc5)c5ccccc45)cccc3c2=CC1.CC1=CCC(C)C=C1. The van der Waals surface area contributed by atoms with Crippen molar-refractivity contribution in [2.45, 2.75) is 81.1 Å². The van der Waals surface area contributed by atoms with Crippen LogP contribution < -0.4 is 10.4 Å². The molecule has 59 heavy (non-hydrogen) atoms. The highest BCUT2D eigenvalue weighted by atomic mass is 14.2. The molecule has 0 fully saturated rings. The van der Waals surface area contributed by atoms with E-state index in [4.69, 9.17) is 0 Å². The third-order valence-electron chi connectivity index (χ3n) is 11.7. The largest absolute Gasteiger partial charge is 0.103 e. The molecule has 300 valence electrons. The zero-order chi connectivity index (χ0) is 41.2. The van der Waals surface area contributed by atoms with Crippen LogP contribution in [0.15, 0.2) is 182 Å². The van der Waals surface area contributed by atoms with Gasteiger partial charge in [-0.3, -0.25) is 0 Å². The first-order valence-corrected chi connectivity index (χ1v) is 21.0. The second-order valence-electron chi connectivity index (χ2n) is 15.9. The Balaban J connectivity index is 0.000000327. The van der Waals surface area contributed by atoms with E-state index in [9.17, 15) is 0 Å². The smallest absolute Gasteiger partial charge is 0.00201 e. The minimum absolute atomic E-state index is 0.